The van der Waals surface area contributed by atoms with Crippen molar-refractivity contribution >= 4 is 11.8 Å². The first-order valence-corrected chi connectivity index (χ1v) is 11.7. The van der Waals surface area contributed by atoms with Crippen LogP contribution in [0.25, 0.3) is 0 Å². The van der Waals surface area contributed by atoms with Crippen LogP contribution in [0.3, 0.4) is 0 Å². The van der Waals surface area contributed by atoms with Gasteiger partial charge in [0.2, 0.25) is 0 Å². The molecule has 0 unspecified atom stereocenters. The number of unbranched alkanes of at least 4 members (excludes halogenated alkanes) is 5. The predicted molar refractivity (Wildman–Crippen MR) is 131 cm³/mol. The summed E-state index contributed by atoms with van der Waals surface area (Å²) in [7, 11) is 3.14. The molecule has 0 aliphatic heterocycles. The molecule has 2 N–H and O–H groups in total. The molecule has 2 amide bonds. The maximum Gasteiger partial charge on any atom is 0.257 e. The number of methoxy groups -OCH3 is 2. The number of nitrogens with one attached hydrogen (secondary N) is 2. The summed E-state index contributed by atoms with van der Waals surface area (Å²) in [6.07, 6.45) is 6.14. The number of ether oxygens (including phenoxy) is 4. The van der Waals surface area contributed by atoms with Crippen LogP contribution in [0.1, 0.15) is 38.5 Å². The topological polar surface area (TPSA) is 95.1 Å². The summed E-state index contributed by atoms with van der Waals surface area (Å²) in [6.45, 7) is 1.21. The van der Waals surface area contributed by atoms with Crippen LogP contribution >= 0.6 is 0 Å². The molecule has 8 heteroatoms. The number of hydrogen-bond acceptors (Lipinski definition) is 6. The van der Waals surface area contributed by atoms with Crippen LogP contribution in [0.2, 0.25) is 0 Å². The molecule has 0 aromatic heterocycles. The Kier molecular flexibility index (Phi) is 12.8. The van der Waals surface area contributed by atoms with E-state index in [0.29, 0.717) is 36.1 Å². The van der Waals surface area contributed by atoms with Gasteiger partial charge in [0.25, 0.3) is 11.8 Å². The Labute approximate surface area is 201 Å². The Morgan fingerprint density at radius 1 is 0.588 bits per heavy atom. The van der Waals surface area contributed by atoms with Gasteiger partial charge in [-0.1, -0.05) is 49.9 Å². The molecule has 2 rings (SSSR count). The van der Waals surface area contributed by atoms with Crippen molar-refractivity contribution in [3.63, 3.8) is 0 Å². The highest BCUT2D eigenvalue weighted by molar-refractivity contribution is 5.77. The summed E-state index contributed by atoms with van der Waals surface area (Å²) in [5.41, 5.74) is 0. The lowest BCUT2D eigenvalue weighted by Crippen LogP contribution is -2.29. The molecule has 0 bridgehead atoms. The SMILES string of the molecule is COc1ccccc1OCC(=O)NCCCCCCCCNC(=O)COc1ccccc1OC. The first-order chi connectivity index (χ1) is 16.6. The molecule has 0 fully saturated rings. The van der Waals surface area contributed by atoms with Crippen LogP contribution in [0, 0.1) is 0 Å². The summed E-state index contributed by atoms with van der Waals surface area (Å²) in [4.78, 5) is 23.8. The van der Waals surface area contributed by atoms with Gasteiger partial charge in [-0.3, -0.25) is 9.59 Å². The number of carbonyl (C=O) groups excluding carboxylic acids is 2. The molecule has 0 atom stereocenters. The molecule has 2 aromatic rings. The fraction of sp³-hybridized carbons (Fsp3) is 0.462. The second-order valence-corrected chi connectivity index (χ2v) is 7.70. The van der Waals surface area contributed by atoms with Gasteiger partial charge in [-0.15, -0.1) is 0 Å². The second kappa shape index (κ2) is 16.2. The van der Waals surface area contributed by atoms with Crippen molar-refractivity contribution < 1.29 is 28.5 Å². The number of carbonyl (C=O) groups is 2. The summed E-state index contributed by atoms with van der Waals surface area (Å²) in [5.74, 6) is 2.04. The monoisotopic (exact) mass is 472 g/mol. The van der Waals surface area contributed by atoms with Gasteiger partial charge in [0, 0.05) is 13.1 Å². The Morgan fingerprint density at radius 2 is 0.941 bits per heavy atom. The first kappa shape index (κ1) is 26.8. The van der Waals surface area contributed by atoms with Crippen LogP contribution in [0.4, 0.5) is 0 Å². The standard InChI is InChI=1S/C26H36N2O6/c1-31-21-13-7-9-15-23(21)33-19-25(29)27-17-11-5-3-4-6-12-18-28-26(30)20-34-24-16-10-8-14-22(24)32-2/h7-10,13-16H,3-6,11-12,17-20H2,1-2H3,(H,27,29)(H,28,30). The zero-order valence-electron chi connectivity index (χ0n) is 20.1. The molecular formula is C26H36N2O6. The molecule has 2 aromatic carbocycles. The van der Waals surface area contributed by atoms with Gasteiger partial charge in [0.05, 0.1) is 14.2 Å². The maximum atomic E-state index is 11.9. The normalized spacial score (nSPS) is 10.3. The lowest BCUT2D eigenvalue weighted by Gasteiger charge is -2.10. The van der Waals surface area contributed by atoms with E-state index >= 15 is 0 Å². The lowest BCUT2D eigenvalue weighted by molar-refractivity contribution is -0.123. The van der Waals surface area contributed by atoms with Crippen molar-refractivity contribution in [2.75, 3.05) is 40.5 Å². The van der Waals surface area contributed by atoms with Gasteiger partial charge in [0.15, 0.2) is 36.2 Å². The third-order valence-corrected chi connectivity index (χ3v) is 5.10. The molecule has 0 heterocycles. The van der Waals surface area contributed by atoms with E-state index < -0.39 is 0 Å². The minimum absolute atomic E-state index is 0.0317. The van der Waals surface area contributed by atoms with Crippen molar-refractivity contribution in [1.29, 1.82) is 0 Å². The number of rotatable bonds is 17. The van der Waals surface area contributed by atoms with Gasteiger partial charge in [-0.25, -0.2) is 0 Å². The van der Waals surface area contributed by atoms with E-state index in [9.17, 15) is 9.59 Å². The minimum Gasteiger partial charge on any atom is -0.493 e. The van der Waals surface area contributed by atoms with Crippen LogP contribution in [-0.2, 0) is 9.59 Å². The number of hydrogen-bond donors (Lipinski definition) is 2. The predicted octanol–water partition coefficient (Wildman–Crippen LogP) is 3.73. The highest BCUT2D eigenvalue weighted by Crippen LogP contribution is 2.26. The Bertz CT molecular complexity index is 802. The van der Waals surface area contributed by atoms with Crippen molar-refractivity contribution in [3.8, 4) is 23.0 Å². The third kappa shape index (κ3) is 10.5. The smallest absolute Gasteiger partial charge is 0.257 e. The number of amides is 2. The molecule has 0 saturated heterocycles. The molecule has 186 valence electrons. The van der Waals surface area contributed by atoms with Crippen molar-refractivity contribution in [3.05, 3.63) is 48.5 Å². The molecule has 0 radical (unpaired) electrons. The van der Waals surface area contributed by atoms with E-state index in [2.05, 4.69) is 10.6 Å². The Balaban J connectivity index is 1.41. The zero-order chi connectivity index (χ0) is 24.4. The van der Waals surface area contributed by atoms with Crippen molar-refractivity contribution in [2.45, 2.75) is 38.5 Å². The summed E-state index contributed by atoms with van der Waals surface area (Å²) in [6, 6.07) is 14.5. The van der Waals surface area contributed by atoms with Gasteiger partial charge in [-0.2, -0.15) is 0 Å². The fourth-order valence-electron chi connectivity index (χ4n) is 3.28. The summed E-state index contributed by atoms with van der Waals surface area (Å²) < 4.78 is 21.4. The highest BCUT2D eigenvalue weighted by Gasteiger charge is 2.07. The Morgan fingerprint density at radius 3 is 1.32 bits per heavy atom. The molecule has 8 nitrogen and oxygen atoms in total. The lowest BCUT2D eigenvalue weighted by atomic mass is 10.1. The van der Waals surface area contributed by atoms with E-state index in [1.54, 1.807) is 38.5 Å². The van der Waals surface area contributed by atoms with E-state index in [0.717, 1.165) is 38.5 Å². The molecule has 34 heavy (non-hydrogen) atoms. The molecule has 0 aliphatic rings. The summed E-state index contributed by atoms with van der Waals surface area (Å²) >= 11 is 0. The van der Waals surface area contributed by atoms with E-state index in [1.165, 1.54) is 0 Å². The minimum atomic E-state index is -0.142. The molecular weight excluding hydrogens is 436 g/mol. The van der Waals surface area contributed by atoms with Crippen LogP contribution in [0.5, 0.6) is 23.0 Å². The first-order valence-electron chi connectivity index (χ1n) is 11.7. The summed E-state index contributed by atoms with van der Waals surface area (Å²) in [5, 5.41) is 5.75. The third-order valence-electron chi connectivity index (χ3n) is 5.10. The quantitative estimate of drug-likeness (QED) is 0.341. The largest absolute Gasteiger partial charge is 0.493 e. The molecule has 0 spiro atoms. The Hall–Kier alpha value is -3.42. The number of benzene rings is 2. The molecule has 0 saturated carbocycles. The average molecular weight is 473 g/mol. The van der Waals surface area contributed by atoms with E-state index in [-0.39, 0.29) is 25.0 Å². The van der Waals surface area contributed by atoms with Gasteiger partial charge < -0.3 is 29.6 Å². The van der Waals surface area contributed by atoms with Crippen LogP contribution in [0.15, 0.2) is 48.5 Å². The second-order valence-electron chi connectivity index (χ2n) is 7.70. The molecule has 0 aliphatic carbocycles. The maximum absolute atomic E-state index is 11.9. The van der Waals surface area contributed by atoms with Gasteiger partial charge in [-0.05, 0) is 37.1 Å². The van der Waals surface area contributed by atoms with Crippen molar-refractivity contribution in [1.82, 2.24) is 10.6 Å². The van der Waals surface area contributed by atoms with E-state index in [1.807, 2.05) is 24.3 Å². The van der Waals surface area contributed by atoms with Gasteiger partial charge in [0.1, 0.15) is 0 Å². The van der Waals surface area contributed by atoms with Crippen LogP contribution in [-0.4, -0.2) is 52.3 Å². The zero-order valence-corrected chi connectivity index (χ0v) is 20.1. The fourth-order valence-corrected chi connectivity index (χ4v) is 3.28. The van der Waals surface area contributed by atoms with E-state index in [4.69, 9.17) is 18.9 Å². The van der Waals surface area contributed by atoms with Gasteiger partial charge >= 0.3 is 0 Å². The van der Waals surface area contributed by atoms with Crippen LogP contribution < -0.4 is 29.6 Å². The van der Waals surface area contributed by atoms with Crippen molar-refractivity contribution in [2.24, 2.45) is 0 Å². The number of para-hydroxylation sites is 4. The highest BCUT2D eigenvalue weighted by atomic mass is 16.5. The average Bonchev–Trinajstić information content (AvgIpc) is 2.87.